The second-order valence-corrected chi connectivity index (χ2v) is 6.79. The van der Waals surface area contributed by atoms with Gasteiger partial charge < -0.3 is 9.47 Å². The van der Waals surface area contributed by atoms with Crippen LogP contribution >= 0.6 is 23.8 Å². The Kier molecular flexibility index (Phi) is 7.00. The molecule has 0 unspecified atom stereocenters. The van der Waals surface area contributed by atoms with Crippen LogP contribution in [0, 0.1) is 10.6 Å². The first-order valence-corrected chi connectivity index (χ1v) is 9.84. The Morgan fingerprint density at radius 1 is 1.21 bits per heavy atom. The van der Waals surface area contributed by atoms with Crippen molar-refractivity contribution in [1.29, 1.82) is 0 Å². The molecule has 0 saturated carbocycles. The molecule has 1 heterocycles. The van der Waals surface area contributed by atoms with Gasteiger partial charge >= 0.3 is 0 Å². The van der Waals surface area contributed by atoms with Gasteiger partial charge in [-0.2, -0.15) is 14.9 Å². The molecule has 0 amide bonds. The molecule has 9 heteroatoms. The largest absolute Gasteiger partial charge is 0.490 e. The Morgan fingerprint density at radius 3 is 2.62 bits per heavy atom. The molecule has 0 aliphatic heterocycles. The average molecular weight is 435 g/mol. The minimum absolute atomic E-state index is 0.289. The van der Waals surface area contributed by atoms with E-state index in [-0.39, 0.29) is 5.82 Å². The van der Waals surface area contributed by atoms with E-state index in [0.717, 1.165) is 11.1 Å². The minimum Gasteiger partial charge on any atom is -0.490 e. The number of aromatic amines is 1. The molecule has 0 atom stereocenters. The van der Waals surface area contributed by atoms with E-state index in [4.69, 9.17) is 33.3 Å². The number of rotatable bonds is 8. The summed E-state index contributed by atoms with van der Waals surface area (Å²) in [4.78, 5) is 0. The topological polar surface area (TPSA) is 64.4 Å². The SMILES string of the molecule is CCOc1cc(/C=N\n2c(Cc3ccc(F)cc3)n[nH]c2=S)cc(Cl)c1OCC. The maximum absolute atomic E-state index is 13.1. The van der Waals surface area contributed by atoms with Gasteiger partial charge in [0.05, 0.1) is 24.5 Å². The molecule has 2 aromatic carbocycles. The second kappa shape index (κ2) is 9.67. The molecule has 0 aliphatic carbocycles. The first kappa shape index (κ1) is 21.0. The lowest BCUT2D eigenvalue weighted by Crippen LogP contribution is -2.02. The number of ether oxygens (including phenoxy) is 2. The second-order valence-electron chi connectivity index (χ2n) is 6.00. The zero-order valence-corrected chi connectivity index (χ0v) is 17.6. The molecule has 0 saturated heterocycles. The fourth-order valence-electron chi connectivity index (χ4n) is 2.68. The van der Waals surface area contributed by atoms with E-state index in [0.29, 0.717) is 46.8 Å². The molecule has 0 spiro atoms. The predicted molar refractivity (Wildman–Crippen MR) is 113 cm³/mol. The zero-order valence-electron chi connectivity index (χ0n) is 16.0. The fraction of sp³-hybridized carbons (Fsp3) is 0.250. The third-order valence-electron chi connectivity index (χ3n) is 3.94. The van der Waals surface area contributed by atoms with Crippen LogP contribution in [0.25, 0.3) is 0 Å². The summed E-state index contributed by atoms with van der Waals surface area (Å²) in [6.45, 7) is 4.72. The first-order valence-electron chi connectivity index (χ1n) is 9.06. The zero-order chi connectivity index (χ0) is 20.8. The van der Waals surface area contributed by atoms with E-state index in [1.54, 1.807) is 30.5 Å². The third-order valence-corrected chi connectivity index (χ3v) is 4.48. The van der Waals surface area contributed by atoms with Crippen molar-refractivity contribution in [2.24, 2.45) is 5.10 Å². The molecular weight excluding hydrogens is 415 g/mol. The molecule has 6 nitrogen and oxygen atoms in total. The van der Waals surface area contributed by atoms with E-state index in [9.17, 15) is 4.39 Å². The predicted octanol–water partition coefficient (Wildman–Crippen LogP) is 5.00. The van der Waals surface area contributed by atoms with Crippen molar-refractivity contribution in [1.82, 2.24) is 14.9 Å². The van der Waals surface area contributed by atoms with Crippen LogP contribution in [0.15, 0.2) is 41.5 Å². The molecule has 0 radical (unpaired) electrons. The summed E-state index contributed by atoms with van der Waals surface area (Å²) in [6, 6.07) is 9.74. The summed E-state index contributed by atoms with van der Waals surface area (Å²) in [5.74, 6) is 1.36. The van der Waals surface area contributed by atoms with Crippen molar-refractivity contribution in [3.63, 3.8) is 0 Å². The third kappa shape index (κ3) is 5.21. The molecule has 0 bridgehead atoms. The van der Waals surface area contributed by atoms with Crippen LogP contribution in [0.1, 0.15) is 30.8 Å². The van der Waals surface area contributed by atoms with Gasteiger partial charge in [-0.05, 0) is 61.5 Å². The molecular formula is C20H20ClFN4O2S. The van der Waals surface area contributed by atoms with Gasteiger partial charge in [-0.3, -0.25) is 5.10 Å². The Morgan fingerprint density at radius 2 is 1.93 bits per heavy atom. The Labute approximate surface area is 177 Å². The van der Waals surface area contributed by atoms with Crippen LogP contribution in [0.5, 0.6) is 11.5 Å². The van der Waals surface area contributed by atoms with E-state index < -0.39 is 0 Å². The quantitative estimate of drug-likeness (QED) is 0.400. The summed E-state index contributed by atoms with van der Waals surface area (Å²) < 4.78 is 26.2. The van der Waals surface area contributed by atoms with Crippen molar-refractivity contribution in [3.05, 3.63) is 69.0 Å². The molecule has 1 aromatic heterocycles. The number of halogens is 2. The lowest BCUT2D eigenvalue weighted by atomic mass is 10.1. The summed E-state index contributed by atoms with van der Waals surface area (Å²) in [6.07, 6.45) is 2.06. The van der Waals surface area contributed by atoms with Gasteiger partial charge in [0.15, 0.2) is 17.3 Å². The van der Waals surface area contributed by atoms with Crippen LogP contribution in [0.2, 0.25) is 5.02 Å². The van der Waals surface area contributed by atoms with Gasteiger partial charge in [-0.25, -0.2) is 4.39 Å². The van der Waals surface area contributed by atoms with Crippen LogP contribution in [0.3, 0.4) is 0 Å². The lowest BCUT2D eigenvalue weighted by molar-refractivity contribution is 0.288. The smallest absolute Gasteiger partial charge is 0.216 e. The van der Waals surface area contributed by atoms with Crippen LogP contribution < -0.4 is 9.47 Å². The highest BCUT2D eigenvalue weighted by molar-refractivity contribution is 7.71. The van der Waals surface area contributed by atoms with Crippen LogP contribution in [-0.2, 0) is 6.42 Å². The van der Waals surface area contributed by atoms with E-state index >= 15 is 0 Å². The number of benzene rings is 2. The number of hydrogen-bond acceptors (Lipinski definition) is 5. The highest BCUT2D eigenvalue weighted by Gasteiger charge is 2.12. The first-order chi connectivity index (χ1) is 14.0. The maximum atomic E-state index is 13.1. The van der Waals surface area contributed by atoms with Gasteiger partial charge in [0.25, 0.3) is 0 Å². The molecule has 0 fully saturated rings. The molecule has 3 rings (SSSR count). The number of nitrogens with one attached hydrogen (secondary N) is 1. The van der Waals surface area contributed by atoms with Crippen molar-refractivity contribution < 1.29 is 13.9 Å². The number of hydrogen-bond donors (Lipinski definition) is 1. The van der Waals surface area contributed by atoms with Crippen LogP contribution in [-0.4, -0.2) is 34.3 Å². The highest BCUT2D eigenvalue weighted by atomic mass is 35.5. The van der Waals surface area contributed by atoms with E-state index in [1.165, 1.54) is 16.8 Å². The monoisotopic (exact) mass is 434 g/mol. The molecule has 0 aliphatic rings. The van der Waals surface area contributed by atoms with E-state index in [2.05, 4.69) is 15.3 Å². The van der Waals surface area contributed by atoms with Crippen molar-refractivity contribution in [2.45, 2.75) is 20.3 Å². The summed E-state index contributed by atoms with van der Waals surface area (Å²) in [7, 11) is 0. The average Bonchev–Trinajstić information content (AvgIpc) is 3.04. The Bertz CT molecular complexity index is 1060. The summed E-state index contributed by atoms with van der Waals surface area (Å²) in [5.41, 5.74) is 1.61. The van der Waals surface area contributed by atoms with Crippen molar-refractivity contribution in [2.75, 3.05) is 13.2 Å². The molecule has 29 heavy (non-hydrogen) atoms. The standard InChI is InChI=1S/C20H20ClFN4O2S/c1-3-27-17-10-14(9-16(21)19(17)28-4-2)12-23-26-18(24-25-20(26)29)11-13-5-7-15(22)8-6-13/h5-10,12H,3-4,11H2,1-2H3,(H,25,29)/b23-12-. The highest BCUT2D eigenvalue weighted by Crippen LogP contribution is 2.36. The number of H-pyrrole nitrogens is 1. The maximum Gasteiger partial charge on any atom is 0.216 e. The van der Waals surface area contributed by atoms with Crippen LogP contribution in [0.4, 0.5) is 4.39 Å². The number of aromatic nitrogens is 3. The van der Waals surface area contributed by atoms with Gasteiger partial charge in [0.1, 0.15) is 5.82 Å². The van der Waals surface area contributed by atoms with E-state index in [1.807, 2.05) is 13.8 Å². The Balaban J connectivity index is 1.89. The lowest BCUT2D eigenvalue weighted by Gasteiger charge is -2.13. The summed E-state index contributed by atoms with van der Waals surface area (Å²) in [5, 5.41) is 11.8. The molecule has 3 aromatic rings. The van der Waals surface area contributed by atoms with Gasteiger partial charge in [0.2, 0.25) is 4.77 Å². The van der Waals surface area contributed by atoms with Crippen molar-refractivity contribution >= 4 is 30.0 Å². The van der Waals surface area contributed by atoms with Gasteiger partial charge in [-0.1, -0.05) is 23.7 Å². The Hall–Kier alpha value is -2.71. The molecule has 1 N–H and O–H groups in total. The number of nitrogens with zero attached hydrogens (tertiary/aromatic N) is 3. The van der Waals surface area contributed by atoms with Gasteiger partial charge in [-0.15, -0.1) is 0 Å². The van der Waals surface area contributed by atoms with Gasteiger partial charge in [0, 0.05) is 6.42 Å². The molecule has 152 valence electrons. The minimum atomic E-state index is -0.289. The normalized spacial score (nSPS) is 11.2. The fourth-order valence-corrected chi connectivity index (χ4v) is 3.15. The van der Waals surface area contributed by atoms with Crippen molar-refractivity contribution in [3.8, 4) is 11.5 Å². The summed E-state index contributed by atoms with van der Waals surface area (Å²) >= 11 is 11.6.